The van der Waals surface area contributed by atoms with Crippen molar-refractivity contribution in [1.29, 1.82) is 0 Å². The predicted molar refractivity (Wildman–Crippen MR) is 61.1 cm³/mol. The van der Waals surface area contributed by atoms with Crippen LogP contribution in [-0.4, -0.2) is 12.6 Å². The lowest BCUT2D eigenvalue weighted by Crippen LogP contribution is -2.09. The van der Waals surface area contributed by atoms with E-state index in [1.165, 1.54) is 12.1 Å². The van der Waals surface area contributed by atoms with Crippen LogP contribution in [0.1, 0.15) is 30.6 Å². The molecule has 0 saturated carbocycles. The first-order chi connectivity index (χ1) is 7.50. The van der Waals surface area contributed by atoms with Crippen LogP contribution in [0.25, 0.3) is 0 Å². The second kappa shape index (κ2) is 5.85. The van der Waals surface area contributed by atoms with E-state index >= 15 is 0 Å². The molecule has 0 aromatic heterocycles. The number of rotatable bonds is 4. The summed E-state index contributed by atoms with van der Waals surface area (Å²) in [6.45, 7) is 4.34. The molecule has 0 aliphatic carbocycles. The molecule has 4 heteroatoms. The molecule has 1 aromatic carbocycles. The topological polar surface area (TPSA) is 26.3 Å². The van der Waals surface area contributed by atoms with Crippen molar-refractivity contribution in [1.82, 2.24) is 0 Å². The standard InChI is InChI=1S/C12H14ClFO2/c1-8(2)5-6-16-12(15)10-7-9(13)3-4-11(10)14/h3-4,7-8H,5-6H2,1-2H3. The monoisotopic (exact) mass is 244 g/mol. The summed E-state index contributed by atoms with van der Waals surface area (Å²) in [6.07, 6.45) is 0.758. The first-order valence-electron chi connectivity index (χ1n) is 5.13. The fourth-order valence-corrected chi connectivity index (χ4v) is 1.29. The molecule has 0 spiro atoms. The van der Waals surface area contributed by atoms with Crippen molar-refractivity contribution in [3.63, 3.8) is 0 Å². The predicted octanol–water partition coefficient (Wildman–Crippen LogP) is 3.68. The highest BCUT2D eigenvalue weighted by atomic mass is 35.5. The maximum absolute atomic E-state index is 13.2. The summed E-state index contributed by atoms with van der Waals surface area (Å²) >= 11 is 5.67. The summed E-state index contributed by atoms with van der Waals surface area (Å²) in [4.78, 5) is 11.5. The van der Waals surface area contributed by atoms with Crippen molar-refractivity contribution in [2.45, 2.75) is 20.3 Å². The van der Waals surface area contributed by atoms with Gasteiger partial charge < -0.3 is 4.74 Å². The highest BCUT2D eigenvalue weighted by Crippen LogP contribution is 2.16. The van der Waals surface area contributed by atoms with Crippen molar-refractivity contribution in [2.75, 3.05) is 6.61 Å². The third kappa shape index (κ3) is 3.81. The van der Waals surface area contributed by atoms with Crippen LogP contribution >= 0.6 is 11.6 Å². The van der Waals surface area contributed by atoms with Crippen LogP contribution in [0.2, 0.25) is 5.02 Å². The van der Waals surface area contributed by atoms with E-state index in [0.717, 1.165) is 12.5 Å². The molecule has 1 aromatic rings. The van der Waals surface area contributed by atoms with Gasteiger partial charge >= 0.3 is 5.97 Å². The Morgan fingerprint density at radius 3 is 2.81 bits per heavy atom. The SMILES string of the molecule is CC(C)CCOC(=O)c1cc(Cl)ccc1F. The van der Waals surface area contributed by atoms with Gasteiger partial charge in [-0.05, 0) is 30.5 Å². The third-order valence-corrected chi connectivity index (χ3v) is 2.31. The molecule has 0 unspecified atom stereocenters. The molecule has 0 amide bonds. The summed E-state index contributed by atoms with van der Waals surface area (Å²) in [7, 11) is 0. The molecule has 1 rings (SSSR count). The molecule has 0 heterocycles. The minimum atomic E-state index is -0.666. The molecule has 0 saturated heterocycles. The van der Waals surface area contributed by atoms with Crippen LogP contribution in [0.15, 0.2) is 18.2 Å². The molecule has 0 atom stereocenters. The largest absolute Gasteiger partial charge is 0.462 e. The maximum Gasteiger partial charge on any atom is 0.341 e. The van der Waals surface area contributed by atoms with E-state index in [4.69, 9.17) is 16.3 Å². The molecule has 0 fully saturated rings. The Kier molecular flexibility index (Phi) is 4.74. The molecule has 0 radical (unpaired) electrons. The number of carbonyl (C=O) groups excluding carboxylic acids is 1. The summed E-state index contributed by atoms with van der Waals surface area (Å²) in [5.74, 6) is -0.836. The molecule has 88 valence electrons. The van der Waals surface area contributed by atoms with Gasteiger partial charge in [0.15, 0.2) is 0 Å². The van der Waals surface area contributed by atoms with Gasteiger partial charge in [-0.15, -0.1) is 0 Å². The summed E-state index contributed by atoms with van der Waals surface area (Å²) in [5.41, 5.74) is -0.115. The van der Waals surface area contributed by atoms with Crippen molar-refractivity contribution >= 4 is 17.6 Å². The Balaban J connectivity index is 2.62. The van der Waals surface area contributed by atoms with Crippen LogP contribution < -0.4 is 0 Å². The number of benzene rings is 1. The zero-order valence-corrected chi connectivity index (χ0v) is 10.1. The normalized spacial score (nSPS) is 10.6. The van der Waals surface area contributed by atoms with Crippen LogP contribution in [0.4, 0.5) is 4.39 Å². The van der Waals surface area contributed by atoms with E-state index in [0.29, 0.717) is 17.5 Å². The van der Waals surface area contributed by atoms with E-state index in [-0.39, 0.29) is 5.56 Å². The lowest BCUT2D eigenvalue weighted by Gasteiger charge is -2.07. The fourth-order valence-electron chi connectivity index (χ4n) is 1.12. The summed E-state index contributed by atoms with van der Waals surface area (Å²) < 4.78 is 18.2. The fraction of sp³-hybridized carbons (Fsp3) is 0.417. The smallest absolute Gasteiger partial charge is 0.341 e. The highest BCUT2D eigenvalue weighted by Gasteiger charge is 2.13. The number of carbonyl (C=O) groups is 1. The minimum absolute atomic E-state index is 0.115. The molecule has 0 N–H and O–H groups in total. The van der Waals surface area contributed by atoms with E-state index in [1.807, 2.05) is 13.8 Å². The molecule has 2 nitrogen and oxygen atoms in total. The van der Waals surface area contributed by atoms with Gasteiger partial charge in [0.2, 0.25) is 0 Å². The minimum Gasteiger partial charge on any atom is -0.462 e. The second-order valence-electron chi connectivity index (χ2n) is 3.94. The quantitative estimate of drug-likeness (QED) is 0.756. The summed E-state index contributed by atoms with van der Waals surface area (Å²) in [6, 6.07) is 3.82. The van der Waals surface area contributed by atoms with Gasteiger partial charge in [-0.1, -0.05) is 25.4 Å². The number of esters is 1. The second-order valence-corrected chi connectivity index (χ2v) is 4.38. The van der Waals surface area contributed by atoms with Crippen molar-refractivity contribution in [3.8, 4) is 0 Å². The number of halogens is 2. The van der Waals surface area contributed by atoms with E-state index < -0.39 is 11.8 Å². The lowest BCUT2D eigenvalue weighted by atomic mass is 10.1. The number of ether oxygens (including phenoxy) is 1. The molecule has 16 heavy (non-hydrogen) atoms. The van der Waals surface area contributed by atoms with E-state index in [9.17, 15) is 9.18 Å². The Morgan fingerprint density at radius 2 is 2.19 bits per heavy atom. The highest BCUT2D eigenvalue weighted by molar-refractivity contribution is 6.30. The van der Waals surface area contributed by atoms with Crippen LogP contribution in [0.3, 0.4) is 0 Å². The van der Waals surface area contributed by atoms with Gasteiger partial charge in [-0.25, -0.2) is 9.18 Å². The van der Waals surface area contributed by atoms with Gasteiger partial charge in [-0.2, -0.15) is 0 Å². The van der Waals surface area contributed by atoms with Crippen molar-refractivity contribution in [3.05, 3.63) is 34.6 Å². The van der Waals surface area contributed by atoms with Gasteiger partial charge in [0.25, 0.3) is 0 Å². The average molecular weight is 245 g/mol. The summed E-state index contributed by atoms with van der Waals surface area (Å²) in [5, 5.41) is 0.317. The molecule has 0 aliphatic rings. The van der Waals surface area contributed by atoms with E-state index in [2.05, 4.69) is 0 Å². The van der Waals surface area contributed by atoms with Gasteiger partial charge in [0.05, 0.1) is 12.2 Å². The van der Waals surface area contributed by atoms with Gasteiger partial charge in [-0.3, -0.25) is 0 Å². The van der Waals surface area contributed by atoms with Crippen molar-refractivity contribution in [2.24, 2.45) is 5.92 Å². The first-order valence-corrected chi connectivity index (χ1v) is 5.50. The van der Waals surface area contributed by atoms with Crippen LogP contribution in [0.5, 0.6) is 0 Å². The zero-order valence-electron chi connectivity index (χ0n) is 9.30. The van der Waals surface area contributed by atoms with Gasteiger partial charge in [0.1, 0.15) is 5.82 Å². The molecule has 0 bridgehead atoms. The van der Waals surface area contributed by atoms with E-state index in [1.54, 1.807) is 0 Å². The maximum atomic E-state index is 13.2. The Bertz CT molecular complexity index is 377. The Morgan fingerprint density at radius 1 is 1.50 bits per heavy atom. The van der Waals surface area contributed by atoms with Gasteiger partial charge in [0, 0.05) is 5.02 Å². The van der Waals surface area contributed by atoms with Crippen LogP contribution in [0, 0.1) is 11.7 Å². The Hall–Kier alpha value is -1.09. The average Bonchev–Trinajstić information content (AvgIpc) is 2.21. The number of hydrogen-bond donors (Lipinski definition) is 0. The third-order valence-electron chi connectivity index (χ3n) is 2.08. The molecular formula is C12H14ClFO2. The lowest BCUT2D eigenvalue weighted by molar-refractivity contribution is 0.0483. The number of hydrogen-bond acceptors (Lipinski definition) is 2. The van der Waals surface area contributed by atoms with Crippen LogP contribution in [-0.2, 0) is 4.74 Å². The van der Waals surface area contributed by atoms with Crippen molar-refractivity contribution < 1.29 is 13.9 Å². The molecule has 0 aliphatic heterocycles. The zero-order chi connectivity index (χ0) is 12.1. The Labute approximate surface area is 99.4 Å². The molecular weight excluding hydrogens is 231 g/mol. The first kappa shape index (κ1) is 13.0.